The van der Waals surface area contributed by atoms with Crippen molar-refractivity contribution < 1.29 is 18.3 Å². The summed E-state index contributed by atoms with van der Waals surface area (Å²) in [5.41, 5.74) is 0.634. The van der Waals surface area contributed by atoms with Crippen LogP contribution < -0.4 is 4.74 Å². The van der Waals surface area contributed by atoms with Gasteiger partial charge in [-0.15, -0.1) is 0 Å². The summed E-state index contributed by atoms with van der Waals surface area (Å²) in [7, 11) is 0. The molecule has 2 rings (SSSR count). The van der Waals surface area contributed by atoms with Crippen molar-refractivity contribution in [3.63, 3.8) is 0 Å². The number of nitrogens with zero attached hydrogens (tertiary/aromatic N) is 2. The quantitative estimate of drug-likeness (QED) is 0.793. The molecule has 0 saturated heterocycles. The van der Waals surface area contributed by atoms with E-state index in [-0.39, 0.29) is 11.3 Å². The number of alkyl halides is 2. The Morgan fingerprint density at radius 2 is 1.95 bits per heavy atom. The van der Waals surface area contributed by atoms with Crippen LogP contribution in [0.25, 0.3) is 0 Å². The zero-order valence-corrected chi connectivity index (χ0v) is 10.7. The van der Waals surface area contributed by atoms with Crippen LogP contribution in [0.3, 0.4) is 0 Å². The number of hydrogen-bond donors (Lipinski definition) is 0. The van der Waals surface area contributed by atoms with Crippen LogP contribution in [0.4, 0.5) is 8.78 Å². The lowest BCUT2D eigenvalue weighted by atomic mass is 9.92. The highest BCUT2D eigenvalue weighted by atomic mass is 19.3. The summed E-state index contributed by atoms with van der Waals surface area (Å²) in [5.74, 6) is -1.62. The first kappa shape index (κ1) is 14.6. The van der Waals surface area contributed by atoms with E-state index in [4.69, 9.17) is 0 Å². The fourth-order valence-corrected chi connectivity index (χ4v) is 1.83. The van der Waals surface area contributed by atoms with Crippen LogP contribution in [0.15, 0.2) is 48.8 Å². The second-order valence-corrected chi connectivity index (χ2v) is 4.11. The van der Waals surface area contributed by atoms with Crippen molar-refractivity contribution in [2.24, 2.45) is 0 Å². The molecular weight excluding hydrogens is 278 g/mol. The van der Waals surface area contributed by atoms with Crippen molar-refractivity contribution in [3.8, 4) is 11.8 Å². The maximum Gasteiger partial charge on any atom is 0.387 e. The molecule has 106 valence electrons. The van der Waals surface area contributed by atoms with Crippen LogP contribution in [-0.4, -0.2) is 17.4 Å². The van der Waals surface area contributed by atoms with E-state index in [0.29, 0.717) is 5.56 Å². The number of ether oxygens (including phenoxy) is 1. The molecular formula is C15H10F2N2O2. The minimum atomic E-state index is -2.97. The summed E-state index contributed by atoms with van der Waals surface area (Å²) in [4.78, 5) is 16.1. The second-order valence-electron chi connectivity index (χ2n) is 4.11. The Kier molecular flexibility index (Phi) is 4.57. The molecule has 0 aliphatic heterocycles. The predicted molar refractivity (Wildman–Crippen MR) is 70.0 cm³/mol. The highest BCUT2D eigenvalue weighted by Gasteiger charge is 2.22. The molecule has 1 aromatic heterocycles. The summed E-state index contributed by atoms with van der Waals surface area (Å²) in [6, 6.07) is 10.4. The zero-order valence-electron chi connectivity index (χ0n) is 10.7. The molecule has 0 fully saturated rings. The Balaban J connectivity index is 2.29. The number of aromatic nitrogens is 1. The summed E-state index contributed by atoms with van der Waals surface area (Å²) >= 11 is 0. The number of carbonyl (C=O) groups excluding carboxylic acids is 1. The van der Waals surface area contributed by atoms with Gasteiger partial charge in [0.2, 0.25) is 0 Å². The zero-order chi connectivity index (χ0) is 15.2. The van der Waals surface area contributed by atoms with Crippen LogP contribution >= 0.6 is 0 Å². The SMILES string of the molecule is N#CC(C(=O)c1cccc(OC(F)F)c1)c1ccncc1. The number of halogens is 2. The van der Waals surface area contributed by atoms with Gasteiger partial charge in [0.05, 0.1) is 6.07 Å². The third-order valence-corrected chi connectivity index (χ3v) is 2.77. The molecule has 0 radical (unpaired) electrons. The molecule has 0 aliphatic rings. The number of hydrogen-bond acceptors (Lipinski definition) is 4. The van der Waals surface area contributed by atoms with Gasteiger partial charge in [-0.1, -0.05) is 12.1 Å². The van der Waals surface area contributed by atoms with Crippen molar-refractivity contribution >= 4 is 5.78 Å². The van der Waals surface area contributed by atoms with Crippen molar-refractivity contribution in [3.05, 3.63) is 59.9 Å². The minimum Gasteiger partial charge on any atom is -0.435 e. The third-order valence-electron chi connectivity index (χ3n) is 2.77. The smallest absolute Gasteiger partial charge is 0.387 e. The molecule has 1 atom stereocenters. The van der Waals surface area contributed by atoms with Gasteiger partial charge in [0.15, 0.2) is 5.78 Å². The van der Waals surface area contributed by atoms with Crippen LogP contribution in [0.1, 0.15) is 21.8 Å². The Bertz CT molecular complexity index is 669. The largest absolute Gasteiger partial charge is 0.435 e. The maximum absolute atomic E-state index is 12.3. The average molecular weight is 288 g/mol. The lowest BCUT2D eigenvalue weighted by molar-refractivity contribution is -0.0498. The van der Waals surface area contributed by atoms with Crippen molar-refractivity contribution in [1.29, 1.82) is 5.26 Å². The fraction of sp³-hybridized carbons (Fsp3) is 0.133. The van der Waals surface area contributed by atoms with E-state index in [2.05, 4.69) is 9.72 Å². The van der Waals surface area contributed by atoms with Gasteiger partial charge in [-0.05, 0) is 29.8 Å². The van der Waals surface area contributed by atoms with Gasteiger partial charge in [0.1, 0.15) is 11.7 Å². The number of ketones is 1. The molecule has 0 saturated carbocycles. The molecule has 2 aromatic rings. The van der Waals surface area contributed by atoms with E-state index in [1.165, 1.54) is 36.7 Å². The lowest BCUT2D eigenvalue weighted by Gasteiger charge is -2.10. The van der Waals surface area contributed by atoms with Crippen molar-refractivity contribution in [1.82, 2.24) is 4.98 Å². The highest BCUT2D eigenvalue weighted by Crippen LogP contribution is 2.23. The summed E-state index contributed by atoms with van der Waals surface area (Å²) < 4.78 is 28.6. The maximum atomic E-state index is 12.3. The lowest BCUT2D eigenvalue weighted by Crippen LogP contribution is -2.12. The Labute approximate surface area is 119 Å². The van der Waals surface area contributed by atoms with E-state index >= 15 is 0 Å². The standard InChI is InChI=1S/C15H10F2N2O2/c16-15(17)21-12-3-1-2-11(8-12)14(20)13(9-18)10-4-6-19-7-5-10/h1-8,13,15H. The molecule has 1 unspecified atom stereocenters. The highest BCUT2D eigenvalue weighted by molar-refractivity contribution is 6.03. The van der Waals surface area contributed by atoms with Gasteiger partial charge < -0.3 is 4.74 Å². The number of carbonyl (C=O) groups is 1. The Hall–Kier alpha value is -2.81. The molecule has 1 heterocycles. The molecule has 0 bridgehead atoms. The first-order chi connectivity index (χ1) is 10.1. The van der Waals surface area contributed by atoms with Gasteiger partial charge >= 0.3 is 6.61 Å². The monoisotopic (exact) mass is 288 g/mol. The Morgan fingerprint density at radius 1 is 1.24 bits per heavy atom. The average Bonchev–Trinajstić information content (AvgIpc) is 2.48. The van der Waals surface area contributed by atoms with Crippen molar-refractivity contribution in [2.45, 2.75) is 12.5 Å². The minimum absolute atomic E-state index is 0.123. The van der Waals surface area contributed by atoms with Gasteiger partial charge in [0.25, 0.3) is 0 Å². The first-order valence-electron chi connectivity index (χ1n) is 6.00. The number of pyridine rings is 1. The van der Waals surface area contributed by atoms with Crippen LogP contribution in [0.5, 0.6) is 5.75 Å². The number of nitriles is 1. The molecule has 21 heavy (non-hydrogen) atoms. The number of rotatable bonds is 5. The van der Waals surface area contributed by atoms with Crippen LogP contribution in [0.2, 0.25) is 0 Å². The molecule has 0 spiro atoms. The topological polar surface area (TPSA) is 63.0 Å². The first-order valence-corrected chi connectivity index (χ1v) is 6.00. The number of Topliss-reactive ketones (excluding diaryl/α,β-unsaturated/α-hetero) is 1. The third kappa shape index (κ3) is 3.60. The summed E-state index contributed by atoms with van der Waals surface area (Å²) in [6.45, 7) is -2.97. The molecule has 1 aromatic carbocycles. The summed E-state index contributed by atoms with van der Waals surface area (Å²) in [5, 5.41) is 9.18. The predicted octanol–water partition coefficient (Wildman–Crippen LogP) is 3.17. The summed E-state index contributed by atoms with van der Waals surface area (Å²) in [6.07, 6.45) is 2.95. The van der Waals surface area contributed by atoms with Crippen LogP contribution in [-0.2, 0) is 0 Å². The van der Waals surface area contributed by atoms with Crippen molar-refractivity contribution in [2.75, 3.05) is 0 Å². The van der Waals surface area contributed by atoms with Gasteiger partial charge in [-0.3, -0.25) is 9.78 Å². The second kappa shape index (κ2) is 6.57. The molecule has 6 heteroatoms. The van der Waals surface area contributed by atoms with E-state index in [0.717, 1.165) is 0 Å². The van der Waals surface area contributed by atoms with Gasteiger partial charge in [-0.25, -0.2) is 0 Å². The van der Waals surface area contributed by atoms with E-state index in [9.17, 15) is 18.8 Å². The molecule has 4 nitrogen and oxygen atoms in total. The van der Waals surface area contributed by atoms with E-state index in [1.807, 2.05) is 6.07 Å². The Morgan fingerprint density at radius 3 is 2.57 bits per heavy atom. The van der Waals surface area contributed by atoms with E-state index in [1.54, 1.807) is 12.1 Å². The molecule has 0 N–H and O–H groups in total. The molecule has 0 amide bonds. The van der Waals surface area contributed by atoms with Gasteiger partial charge in [-0.2, -0.15) is 14.0 Å². The number of benzene rings is 1. The van der Waals surface area contributed by atoms with Gasteiger partial charge in [0, 0.05) is 18.0 Å². The molecule has 0 aliphatic carbocycles. The van der Waals surface area contributed by atoms with E-state index < -0.39 is 18.3 Å². The van der Waals surface area contributed by atoms with Crippen LogP contribution in [0, 0.1) is 11.3 Å². The normalized spacial score (nSPS) is 11.7. The fourth-order valence-electron chi connectivity index (χ4n) is 1.83.